The van der Waals surface area contributed by atoms with Gasteiger partial charge in [0.15, 0.2) is 0 Å². The van der Waals surface area contributed by atoms with E-state index in [0.29, 0.717) is 38.7 Å². The average molecular weight is 388 g/mol. The minimum atomic E-state index is -5.54. The summed E-state index contributed by atoms with van der Waals surface area (Å²) in [5.41, 5.74) is 0. The molecule has 10 heteroatoms. The molecule has 0 heterocycles. The zero-order chi connectivity index (χ0) is 20.0. The third-order valence-electron chi connectivity index (χ3n) is 3.73. The maximum Gasteiger partial charge on any atom is 0.468 e. The van der Waals surface area contributed by atoms with Crippen LogP contribution in [0.1, 0.15) is 45.4 Å². The van der Waals surface area contributed by atoms with Crippen molar-refractivity contribution in [1.82, 2.24) is 0 Å². The summed E-state index contributed by atoms with van der Waals surface area (Å²) in [4.78, 5) is 23.6. The number of hydrogen-bond acceptors (Lipinski definition) is 5. The van der Waals surface area contributed by atoms with E-state index >= 15 is 0 Å². The van der Waals surface area contributed by atoms with Gasteiger partial charge in [0.25, 0.3) is 0 Å². The fourth-order valence-corrected chi connectivity index (χ4v) is 2.35. The number of carbonyl (C=O) groups is 2. The molecular weight excluding hydrogens is 367 g/mol. The summed E-state index contributed by atoms with van der Waals surface area (Å²) < 4.78 is 79.9. The highest BCUT2D eigenvalue weighted by atomic mass is 19.4. The molecule has 1 saturated carbocycles. The van der Waals surface area contributed by atoms with Crippen molar-refractivity contribution >= 4 is 11.9 Å². The van der Waals surface area contributed by atoms with E-state index in [1.54, 1.807) is 0 Å². The van der Waals surface area contributed by atoms with Gasteiger partial charge in [0.1, 0.15) is 6.10 Å². The lowest BCUT2D eigenvalue weighted by Crippen LogP contribution is -2.59. The number of hydrogen-bond donors (Lipinski definition) is 0. The van der Waals surface area contributed by atoms with E-state index in [0.717, 1.165) is 6.42 Å². The first-order valence-corrected chi connectivity index (χ1v) is 8.06. The number of carbonyl (C=O) groups excluding carboxylic acids is 2. The average Bonchev–Trinajstić information content (AvgIpc) is 2.52. The molecule has 1 atom stereocenters. The number of halogens is 5. The van der Waals surface area contributed by atoms with Crippen molar-refractivity contribution in [3.8, 4) is 0 Å². The number of alkyl halides is 5. The highest BCUT2D eigenvalue weighted by Gasteiger charge is 2.68. The third kappa shape index (κ3) is 6.22. The summed E-state index contributed by atoms with van der Waals surface area (Å²) in [5, 5.41) is 0. The second-order valence-electron chi connectivity index (χ2n) is 6.07. The van der Waals surface area contributed by atoms with Crippen molar-refractivity contribution in [3.63, 3.8) is 0 Å². The van der Waals surface area contributed by atoms with Gasteiger partial charge < -0.3 is 14.2 Å². The Morgan fingerprint density at radius 2 is 1.69 bits per heavy atom. The van der Waals surface area contributed by atoms with Crippen molar-refractivity contribution in [2.75, 3.05) is 6.61 Å². The monoisotopic (exact) mass is 388 g/mol. The van der Waals surface area contributed by atoms with Crippen LogP contribution in [0.4, 0.5) is 22.0 Å². The lowest BCUT2D eigenvalue weighted by Gasteiger charge is -2.34. The molecule has 0 aromatic heterocycles. The Hall–Kier alpha value is -1.71. The maximum absolute atomic E-state index is 13.6. The van der Waals surface area contributed by atoms with Gasteiger partial charge in [-0.15, -0.1) is 0 Å². The standard InChI is InChI=1S/C16H21F5O5/c1-3-12(22)26-15(16(19,20)21,24-10-9-14(2,17)18)13(23)25-11-7-5-4-6-8-11/h3,11H,1,4-10H2,2H3. The Morgan fingerprint density at radius 1 is 1.12 bits per heavy atom. The van der Waals surface area contributed by atoms with Crippen LogP contribution < -0.4 is 0 Å². The zero-order valence-electron chi connectivity index (χ0n) is 14.2. The van der Waals surface area contributed by atoms with Gasteiger partial charge >= 0.3 is 23.9 Å². The SMILES string of the molecule is C=CC(=O)OC(OCCC(C)(F)F)(C(=O)OC1CCCCC1)C(F)(F)F. The normalized spacial score (nSPS) is 18.7. The molecule has 150 valence electrons. The van der Waals surface area contributed by atoms with Crippen LogP contribution in [0.2, 0.25) is 0 Å². The van der Waals surface area contributed by atoms with Gasteiger partial charge in [-0.2, -0.15) is 13.2 Å². The van der Waals surface area contributed by atoms with Gasteiger partial charge in [-0.25, -0.2) is 18.4 Å². The molecule has 0 bridgehead atoms. The fourth-order valence-electron chi connectivity index (χ4n) is 2.35. The van der Waals surface area contributed by atoms with E-state index in [1.165, 1.54) is 0 Å². The van der Waals surface area contributed by atoms with Crippen LogP contribution >= 0.6 is 0 Å². The summed E-state index contributed by atoms with van der Waals surface area (Å²) >= 11 is 0. The van der Waals surface area contributed by atoms with E-state index in [2.05, 4.69) is 16.1 Å². The predicted molar refractivity (Wildman–Crippen MR) is 79.2 cm³/mol. The molecule has 1 aliphatic rings. The molecule has 1 rings (SSSR count). The number of ether oxygens (including phenoxy) is 3. The Kier molecular flexibility index (Phi) is 7.55. The molecule has 1 fully saturated rings. The van der Waals surface area contributed by atoms with E-state index in [-0.39, 0.29) is 0 Å². The molecule has 0 spiro atoms. The second kappa shape index (κ2) is 8.79. The van der Waals surface area contributed by atoms with Crippen LogP contribution in [0.5, 0.6) is 0 Å². The largest absolute Gasteiger partial charge is 0.468 e. The van der Waals surface area contributed by atoms with Crippen molar-refractivity contribution in [2.24, 2.45) is 0 Å². The highest BCUT2D eigenvalue weighted by Crippen LogP contribution is 2.38. The van der Waals surface area contributed by atoms with Gasteiger partial charge in [-0.3, -0.25) is 0 Å². The molecule has 0 saturated heterocycles. The van der Waals surface area contributed by atoms with Gasteiger partial charge in [0.05, 0.1) is 6.61 Å². The van der Waals surface area contributed by atoms with Crippen molar-refractivity contribution in [3.05, 3.63) is 12.7 Å². The molecule has 0 radical (unpaired) electrons. The quantitative estimate of drug-likeness (QED) is 0.273. The molecule has 26 heavy (non-hydrogen) atoms. The minimum Gasteiger partial charge on any atom is -0.457 e. The smallest absolute Gasteiger partial charge is 0.457 e. The van der Waals surface area contributed by atoms with Crippen LogP contribution in [0.15, 0.2) is 12.7 Å². The minimum absolute atomic E-state index is 0.349. The summed E-state index contributed by atoms with van der Waals surface area (Å²) in [5.74, 6) is -11.1. The first-order valence-electron chi connectivity index (χ1n) is 8.06. The topological polar surface area (TPSA) is 61.8 Å². The Labute approximate surface area is 147 Å². The second-order valence-corrected chi connectivity index (χ2v) is 6.07. The third-order valence-corrected chi connectivity index (χ3v) is 3.73. The van der Waals surface area contributed by atoms with Gasteiger partial charge in [-0.1, -0.05) is 13.0 Å². The molecule has 0 aromatic rings. The Bertz CT molecular complexity index is 508. The summed E-state index contributed by atoms with van der Waals surface area (Å²) in [6.07, 6.45) is -4.19. The number of esters is 2. The van der Waals surface area contributed by atoms with E-state index in [1.807, 2.05) is 0 Å². The molecular formula is C16H21F5O5. The summed E-state index contributed by atoms with van der Waals surface area (Å²) in [6, 6.07) is 0. The van der Waals surface area contributed by atoms with Crippen molar-refractivity contribution in [1.29, 1.82) is 0 Å². The lowest BCUT2D eigenvalue weighted by molar-refractivity contribution is -0.357. The molecule has 0 N–H and O–H groups in total. The first kappa shape index (κ1) is 22.3. The van der Waals surface area contributed by atoms with Crippen LogP contribution in [-0.4, -0.2) is 42.5 Å². The molecule has 1 aliphatic carbocycles. The van der Waals surface area contributed by atoms with Crippen molar-refractivity contribution in [2.45, 2.75) is 69.4 Å². The maximum atomic E-state index is 13.6. The van der Waals surface area contributed by atoms with E-state index < -0.39 is 49.0 Å². The van der Waals surface area contributed by atoms with Gasteiger partial charge in [-0.05, 0) is 32.6 Å². The van der Waals surface area contributed by atoms with Crippen LogP contribution in [0.3, 0.4) is 0 Å². The molecule has 5 nitrogen and oxygen atoms in total. The molecule has 1 unspecified atom stereocenters. The van der Waals surface area contributed by atoms with Crippen LogP contribution in [0.25, 0.3) is 0 Å². The predicted octanol–water partition coefficient (Wildman–Crippen LogP) is 3.91. The van der Waals surface area contributed by atoms with Gasteiger partial charge in [0.2, 0.25) is 5.92 Å². The zero-order valence-corrected chi connectivity index (χ0v) is 14.2. The summed E-state index contributed by atoms with van der Waals surface area (Å²) in [6.45, 7) is 2.24. The lowest BCUT2D eigenvalue weighted by atomic mass is 9.98. The Balaban J connectivity index is 3.06. The Morgan fingerprint density at radius 3 is 2.15 bits per heavy atom. The molecule has 0 aliphatic heterocycles. The van der Waals surface area contributed by atoms with Crippen molar-refractivity contribution < 1.29 is 45.8 Å². The first-order chi connectivity index (χ1) is 11.9. The fraction of sp³-hybridized carbons (Fsp3) is 0.750. The molecule has 0 aromatic carbocycles. The van der Waals surface area contributed by atoms with Crippen LogP contribution in [-0.2, 0) is 23.8 Å². The van der Waals surface area contributed by atoms with Gasteiger partial charge in [0, 0.05) is 12.5 Å². The van der Waals surface area contributed by atoms with Crippen LogP contribution in [0, 0.1) is 0 Å². The van der Waals surface area contributed by atoms with E-state index in [4.69, 9.17) is 4.74 Å². The number of rotatable bonds is 8. The summed E-state index contributed by atoms with van der Waals surface area (Å²) in [7, 11) is 0. The van der Waals surface area contributed by atoms with E-state index in [9.17, 15) is 31.5 Å². The molecule has 0 amide bonds. The highest BCUT2D eigenvalue weighted by molar-refractivity contribution is 5.87.